The summed E-state index contributed by atoms with van der Waals surface area (Å²) in [7, 11) is 1.85. The van der Waals surface area contributed by atoms with Crippen LogP contribution in [-0.4, -0.2) is 21.7 Å². The zero-order valence-electron chi connectivity index (χ0n) is 11.7. The molecule has 0 saturated heterocycles. The molecule has 20 heavy (non-hydrogen) atoms. The predicted octanol–water partition coefficient (Wildman–Crippen LogP) is 1.38. The maximum absolute atomic E-state index is 12.3. The van der Waals surface area contributed by atoms with Crippen LogP contribution >= 0.6 is 0 Å². The van der Waals surface area contributed by atoms with Crippen LogP contribution in [0.1, 0.15) is 16.8 Å². The molecule has 1 aromatic carbocycles. The van der Waals surface area contributed by atoms with E-state index in [4.69, 9.17) is 0 Å². The third kappa shape index (κ3) is 2.44. The van der Waals surface area contributed by atoms with Crippen molar-refractivity contribution < 1.29 is 4.79 Å². The average Bonchev–Trinajstić information content (AvgIpc) is 2.76. The summed E-state index contributed by atoms with van der Waals surface area (Å²) in [5.41, 5.74) is 4.12. The Morgan fingerprint density at radius 2 is 2.15 bits per heavy atom. The Balaban J connectivity index is 1.72. The number of fused-ring (bicyclic) bond motifs is 1. The van der Waals surface area contributed by atoms with Gasteiger partial charge < -0.3 is 10.6 Å². The first kappa shape index (κ1) is 12.9. The highest BCUT2D eigenvalue weighted by atomic mass is 16.2. The SMILES string of the molecule is Cc1nn(C)cc1NC(=O)C1Cc2ccccc2CN1. The molecule has 5 nitrogen and oxygen atoms in total. The molecule has 104 valence electrons. The van der Waals surface area contributed by atoms with Gasteiger partial charge >= 0.3 is 0 Å². The van der Waals surface area contributed by atoms with Gasteiger partial charge in [0.2, 0.25) is 5.91 Å². The fourth-order valence-corrected chi connectivity index (χ4v) is 2.58. The normalized spacial score (nSPS) is 17.6. The molecule has 1 unspecified atom stereocenters. The van der Waals surface area contributed by atoms with Crippen LogP contribution in [0.15, 0.2) is 30.5 Å². The molecule has 1 aliphatic rings. The van der Waals surface area contributed by atoms with E-state index >= 15 is 0 Å². The highest BCUT2D eigenvalue weighted by molar-refractivity contribution is 5.95. The van der Waals surface area contributed by atoms with Gasteiger partial charge in [-0.2, -0.15) is 5.10 Å². The van der Waals surface area contributed by atoms with E-state index in [1.165, 1.54) is 11.1 Å². The Bertz CT molecular complexity index is 647. The first-order valence-electron chi connectivity index (χ1n) is 6.75. The van der Waals surface area contributed by atoms with Gasteiger partial charge in [0, 0.05) is 19.8 Å². The molecular weight excluding hydrogens is 252 g/mol. The third-order valence-electron chi connectivity index (χ3n) is 3.67. The van der Waals surface area contributed by atoms with Crippen LogP contribution in [-0.2, 0) is 24.8 Å². The summed E-state index contributed by atoms with van der Waals surface area (Å²) < 4.78 is 1.70. The fourth-order valence-electron chi connectivity index (χ4n) is 2.58. The monoisotopic (exact) mass is 270 g/mol. The van der Waals surface area contributed by atoms with E-state index in [0.717, 1.165) is 24.3 Å². The molecule has 0 bridgehead atoms. The van der Waals surface area contributed by atoms with Crippen molar-refractivity contribution in [2.75, 3.05) is 5.32 Å². The zero-order valence-corrected chi connectivity index (χ0v) is 11.7. The number of aryl methyl sites for hydroxylation is 2. The molecule has 1 atom stereocenters. The molecule has 0 fully saturated rings. The third-order valence-corrected chi connectivity index (χ3v) is 3.67. The number of amides is 1. The minimum atomic E-state index is -0.190. The van der Waals surface area contributed by atoms with E-state index in [2.05, 4.69) is 27.9 Å². The van der Waals surface area contributed by atoms with Crippen LogP contribution in [0, 0.1) is 6.92 Å². The summed E-state index contributed by atoms with van der Waals surface area (Å²) in [6, 6.07) is 8.04. The number of rotatable bonds is 2. The standard InChI is InChI=1S/C15H18N4O/c1-10-14(9-19(2)18-10)17-15(20)13-7-11-5-3-4-6-12(11)8-16-13/h3-6,9,13,16H,7-8H2,1-2H3,(H,17,20). The summed E-state index contributed by atoms with van der Waals surface area (Å²) >= 11 is 0. The van der Waals surface area contributed by atoms with Crippen molar-refractivity contribution in [3.05, 3.63) is 47.3 Å². The Hall–Kier alpha value is -2.14. The number of hydrogen-bond acceptors (Lipinski definition) is 3. The molecule has 2 heterocycles. The van der Waals surface area contributed by atoms with Crippen LogP contribution in [0.25, 0.3) is 0 Å². The average molecular weight is 270 g/mol. The van der Waals surface area contributed by atoms with Crippen molar-refractivity contribution in [2.24, 2.45) is 7.05 Å². The van der Waals surface area contributed by atoms with Gasteiger partial charge in [0.1, 0.15) is 0 Å². The number of nitrogens with zero attached hydrogens (tertiary/aromatic N) is 2. The van der Waals surface area contributed by atoms with Gasteiger partial charge in [0.25, 0.3) is 0 Å². The Kier molecular flexibility index (Phi) is 3.28. The lowest BCUT2D eigenvalue weighted by atomic mass is 9.95. The van der Waals surface area contributed by atoms with Gasteiger partial charge in [0.05, 0.1) is 17.4 Å². The van der Waals surface area contributed by atoms with Gasteiger partial charge in [-0.15, -0.1) is 0 Å². The summed E-state index contributed by atoms with van der Waals surface area (Å²) in [6.45, 7) is 2.62. The lowest BCUT2D eigenvalue weighted by Gasteiger charge is -2.25. The van der Waals surface area contributed by atoms with E-state index in [1.54, 1.807) is 4.68 Å². The quantitative estimate of drug-likeness (QED) is 0.867. The summed E-state index contributed by atoms with van der Waals surface area (Å²) in [4.78, 5) is 12.3. The molecule has 0 radical (unpaired) electrons. The fraction of sp³-hybridized carbons (Fsp3) is 0.333. The molecule has 3 rings (SSSR count). The van der Waals surface area contributed by atoms with Gasteiger partial charge in [-0.3, -0.25) is 9.48 Å². The highest BCUT2D eigenvalue weighted by Crippen LogP contribution is 2.18. The van der Waals surface area contributed by atoms with Crippen molar-refractivity contribution in [2.45, 2.75) is 25.9 Å². The van der Waals surface area contributed by atoms with Crippen LogP contribution in [0.3, 0.4) is 0 Å². The lowest BCUT2D eigenvalue weighted by Crippen LogP contribution is -2.44. The summed E-state index contributed by atoms with van der Waals surface area (Å²) in [5, 5.41) is 10.5. The van der Waals surface area contributed by atoms with Crippen molar-refractivity contribution in [1.82, 2.24) is 15.1 Å². The molecular formula is C15H18N4O. The number of hydrogen-bond donors (Lipinski definition) is 2. The molecule has 5 heteroatoms. The Labute approximate surface area is 118 Å². The first-order valence-corrected chi connectivity index (χ1v) is 6.75. The number of carbonyl (C=O) groups is 1. The molecule has 1 amide bonds. The largest absolute Gasteiger partial charge is 0.322 e. The summed E-state index contributed by atoms with van der Waals surface area (Å²) in [5.74, 6) is -0.00407. The van der Waals surface area contributed by atoms with Crippen molar-refractivity contribution in [3.8, 4) is 0 Å². The van der Waals surface area contributed by atoms with Crippen molar-refractivity contribution in [3.63, 3.8) is 0 Å². The second kappa shape index (κ2) is 5.09. The van der Waals surface area contributed by atoms with Crippen LogP contribution in [0.4, 0.5) is 5.69 Å². The number of anilines is 1. The van der Waals surface area contributed by atoms with Crippen molar-refractivity contribution in [1.29, 1.82) is 0 Å². The minimum absolute atomic E-state index is 0.00407. The lowest BCUT2D eigenvalue weighted by molar-refractivity contribution is -0.118. The molecule has 0 spiro atoms. The van der Waals surface area contributed by atoms with E-state index < -0.39 is 0 Å². The zero-order chi connectivity index (χ0) is 14.1. The van der Waals surface area contributed by atoms with Crippen molar-refractivity contribution >= 4 is 11.6 Å². The molecule has 2 aromatic rings. The van der Waals surface area contributed by atoms with E-state index in [9.17, 15) is 4.79 Å². The Morgan fingerprint density at radius 3 is 2.85 bits per heavy atom. The number of benzene rings is 1. The maximum Gasteiger partial charge on any atom is 0.241 e. The molecule has 2 N–H and O–H groups in total. The second-order valence-corrected chi connectivity index (χ2v) is 5.20. The topological polar surface area (TPSA) is 59.0 Å². The smallest absolute Gasteiger partial charge is 0.241 e. The number of aromatic nitrogens is 2. The van der Waals surface area contributed by atoms with Gasteiger partial charge in [-0.05, 0) is 24.5 Å². The van der Waals surface area contributed by atoms with E-state index in [0.29, 0.717) is 0 Å². The summed E-state index contributed by atoms with van der Waals surface area (Å²) in [6.07, 6.45) is 2.55. The Morgan fingerprint density at radius 1 is 1.40 bits per heavy atom. The van der Waals surface area contributed by atoms with Crippen LogP contribution in [0.2, 0.25) is 0 Å². The maximum atomic E-state index is 12.3. The molecule has 0 aliphatic carbocycles. The van der Waals surface area contributed by atoms with Gasteiger partial charge in [0.15, 0.2) is 0 Å². The molecule has 1 aromatic heterocycles. The van der Waals surface area contributed by atoms with E-state index in [-0.39, 0.29) is 11.9 Å². The predicted molar refractivity (Wildman–Crippen MR) is 77.3 cm³/mol. The highest BCUT2D eigenvalue weighted by Gasteiger charge is 2.24. The van der Waals surface area contributed by atoms with Crippen LogP contribution < -0.4 is 10.6 Å². The van der Waals surface area contributed by atoms with E-state index in [1.807, 2.05) is 32.3 Å². The molecule has 0 saturated carbocycles. The van der Waals surface area contributed by atoms with Crippen LogP contribution in [0.5, 0.6) is 0 Å². The van der Waals surface area contributed by atoms with Gasteiger partial charge in [-0.1, -0.05) is 24.3 Å². The number of nitrogens with one attached hydrogen (secondary N) is 2. The van der Waals surface area contributed by atoms with Gasteiger partial charge in [-0.25, -0.2) is 0 Å². The molecule has 1 aliphatic heterocycles. The minimum Gasteiger partial charge on any atom is -0.322 e. The first-order chi connectivity index (χ1) is 9.63. The second-order valence-electron chi connectivity index (χ2n) is 5.20. The number of carbonyl (C=O) groups excluding carboxylic acids is 1.